The second kappa shape index (κ2) is 8.93. The molecule has 8 heteroatoms. The third-order valence-corrected chi connectivity index (χ3v) is 5.63. The number of benzene rings is 2. The van der Waals surface area contributed by atoms with Crippen molar-refractivity contribution in [3.63, 3.8) is 0 Å². The van der Waals surface area contributed by atoms with Gasteiger partial charge < -0.3 is 14.7 Å². The summed E-state index contributed by atoms with van der Waals surface area (Å²) in [4.78, 5) is 14.1. The van der Waals surface area contributed by atoms with E-state index in [1.165, 1.54) is 27.1 Å². The van der Waals surface area contributed by atoms with Gasteiger partial charge in [-0.15, -0.1) is 0 Å². The molecule has 0 aliphatic carbocycles. The number of aromatic nitrogens is 1. The molecule has 1 heterocycles. The van der Waals surface area contributed by atoms with Gasteiger partial charge in [-0.05, 0) is 62.7 Å². The smallest absolute Gasteiger partial charge is 0.410 e. The van der Waals surface area contributed by atoms with Gasteiger partial charge in [-0.2, -0.15) is 0 Å². The van der Waals surface area contributed by atoms with Gasteiger partial charge >= 0.3 is 6.09 Å². The SMILES string of the molecule is CN(Cc1cc(-c2ccccc2F)n(S(=O)c2cccc(O)c2)c1)C(=O)OC(C)(C)C. The lowest BCUT2D eigenvalue weighted by atomic mass is 10.1. The topological polar surface area (TPSA) is 71.8 Å². The number of aromatic hydroxyl groups is 1. The minimum atomic E-state index is -1.74. The normalized spacial score (nSPS) is 12.4. The summed E-state index contributed by atoms with van der Waals surface area (Å²) in [6.45, 7) is 5.53. The summed E-state index contributed by atoms with van der Waals surface area (Å²) in [5, 5.41) is 9.76. The Labute approximate surface area is 183 Å². The Morgan fingerprint density at radius 3 is 2.52 bits per heavy atom. The summed E-state index contributed by atoms with van der Waals surface area (Å²) in [6.07, 6.45) is 1.12. The van der Waals surface area contributed by atoms with Gasteiger partial charge in [0.05, 0.1) is 17.1 Å². The minimum Gasteiger partial charge on any atom is -0.508 e. The summed E-state index contributed by atoms with van der Waals surface area (Å²) in [5.41, 5.74) is 0.696. The molecule has 1 unspecified atom stereocenters. The van der Waals surface area contributed by atoms with E-state index in [0.717, 1.165) is 0 Å². The maximum absolute atomic E-state index is 14.5. The van der Waals surface area contributed by atoms with Crippen molar-refractivity contribution in [3.8, 4) is 17.0 Å². The average molecular weight is 445 g/mol. The molecule has 3 aromatic rings. The van der Waals surface area contributed by atoms with Crippen molar-refractivity contribution in [2.45, 2.75) is 37.8 Å². The number of phenolic OH excluding ortho intramolecular Hbond substituents is 1. The molecule has 1 atom stereocenters. The zero-order chi connectivity index (χ0) is 22.8. The van der Waals surface area contributed by atoms with E-state index in [2.05, 4.69) is 0 Å². The molecule has 0 bridgehead atoms. The number of amides is 1. The Morgan fingerprint density at radius 2 is 1.87 bits per heavy atom. The van der Waals surface area contributed by atoms with E-state index in [4.69, 9.17) is 4.74 Å². The van der Waals surface area contributed by atoms with E-state index in [9.17, 15) is 18.5 Å². The van der Waals surface area contributed by atoms with Gasteiger partial charge in [0.15, 0.2) is 11.0 Å². The maximum atomic E-state index is 14.5. The van der Waals surface area contributed by atoms with Crippen LogP contribution in [0.5, 0.6) is 5.75 Å². The maximum Gasteiger partial charge on any atom is 0.410 e. The van der Waals surface area contributed by atoms with Gasteiger partial charge in [0.2, 0.25) is 0 Å². The van der Waals surface area contributed by atoms with Gasteiger partial charge in [0.1, 0.15) is 17.2 Å². The highest BCUT2D eigenvalue weighted by Crippen LogP contribution is 2.29. The van der Waals surface area contributed by atoms with E-state index in [1.54, 1.807) is 70.4 Å². The van der Waals surface area contributed by atoms with Crippen molar-refractivity contribution < 1.29 is 23.2 Å². The average Bonchev–Trinajstić information content (AvgIpc) is 3.09. The number of hydrogen-bond donors (Lipinski definition) is 1. The van der Waals surface area contributed by atoms with Crippen molar-refractivity contribution in [1.29, 1.82) is 0 Å². The largest absolute Gasteiger partial charge is 0.508 e. The fourth-order valence-electron chi connectivity index (χ4n) is 2.97. The first kappa shape index (κ1) is 22.6. The van der Waals surface area contributed by atoms with Crippen LogP contribution in [-0.2, 0) is 22.3 Å². The molecule has 31 heavy (non-hydrogen) atoms. The van der Waals surface area contributed by atoms with Crippen molar-refractivity contribution >= 4 is 17.1 Å². The van der Waals surface area contributed by atoms with Crippen LogP contribution in [0, 0.1) is 5.82 Å². The van der Waals surface area contributed by atoms with Crippen LogP contribution in [0.15, 0.2) is 65.7 Å². The first-order valence-electron chi connectivity index (χ1n) is 9.67. The molecule has 0 spiro atoms. The lowest BCUT2D eigenvalue weighted by Crippen LogP contribution is -2.33. The Kier molecular flexibility index (Phi) is 6.50. The monoisotopic (exact) mass is 444 g/mol. The molecule has 0 saturated heterocycles. The number of carbonyl (C=O) groups excluding carboxylic acids is 1. The molecule has 1 amide bonds. The minimum absolute atomic E-state index is 0.0182. The highest BCUT2D eigenvalue weighted by molar-refractivity contribution is 7.83. The van der Waals surface area contributed by atoms with E-state index < -0.39 is 28.5 Å². The molecular formula is C23H25FN2O4S. The van der Waals surface area contributed by atoms with Crippen molar-refractivity contribution in [3.05, 3.63) is 72.2 Å². The Bertz CT molecular complexity index is 1120. The molecule has 0 fully saturated rings. The van der Waals surface area contributed by atoms with E-state index in [-0.39, 0.29) is 17.9 Å². The summed E-state index contributed by atoms with van der Waals surface area (Å²) in [5.74, 6) is -0.475. The lowest BCUT2D eigenvalue weighted by molar-refractivity contribution is 0.0285. The van der Waals surface area contributed by atoms with Crippen molar-refractivity contribution in [1.82, 2.24) is 8.87 Å². The van der Waals surface area contributed by atoms with Gasteiger partial charge in [-0.3, -0.25) is 3.97 Å². The van der Waals surface area contributed by atoms with Crippen LogP contribution in [0.1, 0.15) is 26.3 Å². The Hall–Kier alpha value is -3.13. The van der Waals surface area contributed by atoms with Crippen LogP contribution in [-0.4, -0.2) is 36.9 Å². The molecule has 3 rings (SSSR count). The van der Waals surface area contributed by atoms with Crippen LogP contribution in [0.4, 0.5) is 9.18 Å². The molecule has 6 nitrogen and oxygen atoms in total. The summed E-state index contributed by atoms with van der Waals surface area (Å²) in [6, 6.07) is 14.0. The fourth-order valence-corrected chi connectivity index (χ4v) is 4.17. The molecule has 0 radical (unpaired) electrons. The van der Waals surface area contributed by atoms with Gasteiger partial charge in [-0.1, -0.05) is 18.2 Å². The summed E-state index contributed by atoms with van der Waals surface area (Å²) < 4.78 is 34.6. The standard InChI is InChI=1S/C23H25FN2O4S/c1-23(2,3)30-22(28)25(4)14-16-12-21(19-10-5-6-11-20(19)24)26(15-16)31(29)18-9-7-8-17(27)13-18/h5-13,15,27H,14H2,1-4H3. The summed E-state index contributed by atoms with van der Waals surface area (Å²) in [7, 11) is -0.145. The molecule has 0 saturated carbocycles. The Balaban J connectivity index is 2.00. The highest BCUT2D eigenvalue weighted by Gasteiger charge is 2.22. The molecule has 1 N–H and O–H groups in total. The molecule has 0 aliphatic rings. The van der Waals surface area contributed by atoms with E-state index in [0.29, 0.717) is 16.2 Å². The molecule has 1 aromatic heterocycles. The van der Waals surface area contributed by atoms with Crippen LogP contribution in [0.2, 0.25) is 0 Å². The molecule has 2 aromatic carbocycles. The van der Waals surface area contributed by atoms with Crippen LogP contribution in [0.25, 0.3) is 11.3 Å². The van der Waals surface area contributed by atoms with Crippen LogP contribution < -0.4 is 0 Å². The zero-order valence-corrected chi connectivity index (χ0v) is 18.6. The second-order valence-electron chi connectivity index (χ2n) is 8.12. The van der Waals surface area contributed by atoms with Gasteiger partial charge in [0.25, 0.3) is 0 Å². The fraction of sp³-hybridized carbons (Fsp3) is 0.261. The number of halogens is 1. The zero-order valence-electron chi connectivity index (χ0n) is 17.8. The first-order valence-corrected chi connectivity index (χ1v) is 10.8. The molecule has 164 valence electrons. The number of carbonyl (C=O) groups is 1. The number of rotatable bonds is 5. The van der Waals surface area contributed by atoms with Crippen molar-refractivity contribution in [2.75, 3.05) is 7.05 Å². The van der Waals surface area contributed by atoms with Crippen LogP contribution >= 0.6 is 0 Å². The summed E-state index contributed by atoms with van der Waals surface area (Å²) >= 11 is 0. The number of nitrogens with zero attached hydrogens (tertiary/aromatic N) is 2. The Morgan fingerprint density at radius 1 is 1.16 bits per heavy atom. The van der Waals surface area contributed by atoms with Gasteiger partial charge in [0, 0.05) is 18.8 Å². The lowest BCUT2D eigenvalue weighted by Gasteiger charge is -2.24. The third kappa shape index (κ3) is 5.52. The number of hydrogen-bond acceptors (Lipinski definition) is 4. The second-order valence-corrected chi connectivity index (χ2v) is 9.49. The highest BCUT2D eigenvalue weighted by atomic mass is 32.2. The predicted molar refractivity (Wildman–Crippen MR) is 117 cm³/mol. The van der Waals surface area contributed by atoms with Crippen molar-refractivity contribution in [2.24, 2.45) is 0 Å². The van der Waals surface area contributed by atoms with E-state index in [1.807, 2.05) is 0 Å². The van der Waals surface area contributed by atoms with Gasteiger partial charge in [-0.25, -0.2) is 13.4 Å². The first-order chi connectivity index (χ1) is 14.5. The quantitative estimate of drug-likeness (QED) is 0.605. The predicted octanol–water partition coefficient (Wildman–Crippen LogP) is 4.94. The van der Waals surface area contributed by atoms with Crippen LogP contribution in [0.3, 0.4) is 0 Å². The third-order valence-electron chi connectivity index (χ3n) is 4.32. The number of phenols is 1. The molecule has 0 aliphatic heterocycles. The van der Waals surface area contributed by atoms with E-state index >= 15 is 0 Å². The molecular weight excluding hydrogens is 419 g/mol. The number of ether oxygens (including phenoxy) is 1.